The Labute approximate surface area is 110 Å². The van der Waals surface area contributed by atoms with Crippen molar-refractivity contribution in [2.24, 2.45) is 11.8 Å². The molecule has 88 valence electrons. The molecule has 0 bridgehead atoms. The van der Waals surface area contributed by atoms with Gasteiger partial charge < -0.3 is 10.2 Å². The number of nitrogens with one attached hydrogen (secondary N) is 1. The van der Waals surface area contributed by atoms with E-state index in [1.165, 1.54) is 0 Å². The number of fused-ring (bicyclic) bond motifs is 1. The summed E-state index contributed by atoms with van der Waals surface area (Å²) in [6, 6.07) is 8.29. The average Bonchev–Trinajstić information content (AvgIpc) is 2.88. The van der Waals surface area contributed by atoms with E-state index >= 15 is 0 Å². The van der Waals surface area contributed by atoms with Crippen molar-refractivity contribution < 1.29 is 0 Å². The highest BCUT2D eigenvalue weighted by Crippen LogP contribution is 2.34. The normalized spacial score (nSPS) is 26.9. The van der Waals surface area contributed by atoms with Crippen LogP contribution in [0.15, 0.2) is 22.7 Å². The summed E-state index contributed by atoms with van der Waals surface area (Å²) in [5, 5.41) is 12.7. The first-order chi connectivity index (χ1) is 8.29. The smallest absolute Gasteiger partial charge is 0.103 e. The summed E-state index contributed by atoms with van der Waals surface area (Å²) >= 11 is 3.45. The first-order valence-electron chi connectivity index (χ1n) is 5.94. The SMILES string of the molecule is N#Cc1c(Br)cccc1N1CC2CNCC2C1. The highest BCUT2D eigenvalue weighted by Gasteiger charge is 2.36. The largest absolute Gasteiger partial charge is 0.370 e. The average molecular weight is 292 g/mol. The summed E-state index contributed by atoms with van der Waals surface area (Å²) in [6.45, 7) is 4.39. The fraction of sp³-hybridized carbons (Fsp3) is 0.462. The second-order valence-corrected chi connectivity index (χ2v) is 5.68. The summed E-state index contributed by atoms with van der Waals surface area (Å²) in [5.74, 6) is 1.50. The molecule has 2 unspecified atom stereocenters. The number of anilines is 1. The third-order valence-corrected chi connectivity index (χ3v) is 4.49. The van der Waals surface area contributed by atoms with E-state index in [1.54, 1.807) is 0 Å². The van der Waals surface area contributed by atoms with Crippen LogP contribution >= 0.6 is 15.9 Å². The van der Waals surface area contributed by atoms with E-state index in [0.29, 0.717) is 0 Å². The van der Waals surface area contributed by atoms with E-state index < -0.39 is 0 Å². The lowest BCUT2D eigenvalue weighted by Gasteiger charge is -2.21. The molecule has 0 amide bonds. The fourth-order valence-electron chi connectivity index (χ4n) is 2.94. The standard InChI is InChI=1S/C13H14BrN3/c14-12-2-1-3-13(11(12)4-15)17-7-9-5-16-6-10(9)8-17/h1-3,9-10,16H,5-8H2. The Morgan fingerprint density at radius 1 is 1.29 bits per heavy atom. The molecule has 2 saturated heterocycles. The number of nitrogens with zero attached hydrogens (tertiary/aromatic N) is 2. The van der Waals surface area contributed by atoms with Gasteiger partial charge in [0.15, 0.2) is 0 Å². The third-order valence-electron chi connectivity index (χ3n) is 3.83. The van der Waals surface area contributed by atoms with Gasteiger partial charge in [0.05, 0.1) is 11.3 Å². The van der Waals surface area contributed by atoms with Crippen molar-refractivity contribution in [3.05, 3.63) is 28.2 Å². The number of rotatable bonds is 1. The molecule has 3 rings (SSSR count). The van der Waals surface area contributed by atoms with Gasteiger partial charge in [-0.2, -0.15) is 5.26 Å². The Morgan fingerprint density at radius 2 is 2.00 bits per heavy atom. The van der Waals surface area contributed by atoms with Crippen molar-refractivity contribution in [1.29, 1.82) is 5.26 Å². The summed E-state index contributed by atoms with van der Waals surface area (Å²) in [6.07, 6.45) is 0. The van der Waals surface area contributed by atoms with E-state index in [1.807, 2.05) is 12.1 Å². The number of benzene rings is 1. The van der Waals surface area contributed by atoms with E-state index in [0.717, 1.165) is 53.7 Å². The van der Waals surface area contributed by atoms with E-state index in [9.17, 15) is 5.26 Å². The van der Waals surface area contributed by atoms with Gasteiger partial charge in [0.2, 0.25) is 0 Å². The quantitative estimate of drug-likeness (QED) is 0.860. The topological polar surface area (TPSA) is 39.1 Å². The zero-order valence-electron chi connectivity index (χ0n) is 9.49. The predicted molar refractivity (Wildman–Crippen MR) is 70.9 cm³/mol. The van der Waals surface area contributed by atoms with Gasteiger partial charge in [0, 0.05) is 30.7 Å². The van der Waals surface area contributed by atoms with Gasteiger partial charge in [-0.1, -0.05) is 6.07 Å². The Kier molecular flexibility index (Phi) is 2.81. The maximum absolute atomic E-state index is 9.24. The minimum atomic E-state index is 0.750. The molecule has 1 aromatic carbocycles. The van der Waals surface area contributed by atoms with Crippen LogP contribution in [0.5, 0.6) is 0 Å². The minimum Gasteiger partial charge on any atom is -0.370 e. The van der Waals surface area contributed by atoms with Crippen molar-refractivity contribution in [2.75, 3.05) is 31.1 Å². The maximum Gasteiger partial charge on any atom is 0.103 e. The predicted octanol–water partition coefficient (Wildman–Crippen LogP) is 1.98. The second kappa shape index (κ2) is 4.32. The van der Waals surface area contributed by atoms with Crippen LogP contribution in [0.25, 0.3) is 0 Å². The highest BCUT2D eigenvalue weighted by atomic mass is 79.9. The number of halogens is 1. The number of hydrogen-bond donors (Lipinski definition) is 1. The molecule has 2 aliphatic rings. The van der Waals surface area contributed by atoms with Crippen LogP contribution in [0, 0.1) is 23.2 Å². The van der Waals surface area contributed by atoms with Crippen LogP contribution in [0.1, 0.15) is 5.56 Å². The molecular weight excluding hydrogens is 278 g/mol. The monoisotopic (exact) mass is 291 g/mol. The fourth-order valence-corrected chi connectivity index (χ4v) is 3.38. The molecule has 0 radical (unpaired) electrons. The maximum atomic E-state index is 9.24. The van der Waals surface area contributed by atoms with Gasteiger partial charge in [0.1, 0.15) is 6.07 Å². The zero-order valence-corrected chi connectivity index (χ0v) is 11.1. The van der Waals surface area contributed by atoms with E-state index in [2.05, 4.69) is 38.3 Å². The van der Waals surface area contributed by atoms with Crippen LogP contribution in [0.2, 0.25) is 0 Å². The van der Waals surface area contributed by atoms with Crippen LogP contribution in [0.4, 0.5) is 5.69 Å². The molecule has 2 aliphatic heterocycles. The van der Waals surface area contributed by atoms with Gasteiger partial charge >= 0.3 is 0 Å². The molecule has 0 saturated carbocycles. The molecule has 1 N–H and O–H groups in total. The van der Waals surface area contributed by atoms with Crippen LogP contribution in [0.3, 0.4) is 0 Å². The van der Waals surface area contributed by atoms with Gasteiger partial charge in [-0.3, -0.25) is 0 Å². The molecule has 0 aliphatic carbocycles. The number of hydrogen-bond acceptors (Lipinski definition) is 3. The summed E-state index contributed by atoms with van der Waals surface area (Å²) in [4.78, 5) is 2.36. The lowest BCUT2D eigenvalue weighted by atomic mass is 10.0. The summed E-state index contributed by atoms with van der Waals surface area (Å²) in [7, 11) is 0. The van der Waals surface area contributed by atoms with Gasteiger partial charge in [-0.05, 0) is 39.9 Å². The lowest BCUT2D eigenvalue weighted by Crippen LogP contribution is -2.26. The van der Waals surface area contributed by atoms with Crippen molar-refractivity contribution in [3.8, 4) is 6.07 Å². The Bertz CT molecular complexity index is 468. The minimum absolute atomic E-state index is 0.750. The van der Waals surface area contributed by atoms with Crippen molar-refractivity contribution in [2.45, 2.75) is 0 Å². The summed E-state index contributed by atoms with van der Waals surface area (Å²) < 4.78 is 0.896. The third kappa shape index (κ3) is 1.84. The van der Waals surface area contributed by atoms with E-state index in [-0.39, 0.29) is 0 Å². The molecular formula is C13H14BrN3. The molecule has 17 heavy (non-hydrogen) atoms. The Balaban J connectivity index is 1.91. The van der Waals surface area contributed by atoms with Gasteiger partial charge in [0.25, 0.3) is 0 Å². The Morgan fingerprint density at radius 3 is 2.65 bits per heavy atom. The van der Waals surface area contributed by atoms with Crippen molar-refractivity contribution in [1.82, 2.24) is 5.32 Å². The van der Waals surface area contributed by atoms with E-state index in [4.69, 9.17) is 0 Å². The molecule has 2 fully saturated rings. The Hall–Kier alpha value is -1.05. The first kappa shape index (κ1) is 11.1. The highest BCUT2D eigenvalue weighted by molar-refractivity contribution is 9.10. The molecule has 2 heterocycles. The number of nitriles is 1. The van der Waals surface area contributed by atoms with Gasteiger partial charge in [-0.25, -0.2) is 0 Å². The molecule has 0 spiro atoms. The van der Waals surface area contributed by atoms with Gasteiger partial charge in [-0.15, -0.1) is 0 Å². The first-order valence-corrected chi connectivity index (χ1v) is 6.73. The van der Waals surface area contributed by atoms with Crippen LogP contribution in [-0.2, 0) is 0 Å². The molecule has 2 atom stereocenters. The van der Waals surface area contributed by atoms with Crippen molar-refractivity contribution in [3.63, 3.8) is 0 Å². The summed E-state index contributed by atoms with van der Waals surface area (Å²) in [5.41, 5.74) is 1.84. The zero-order chi connectivity index (χ0) is 11.8. The van der Waals surface area contributed by atoms with Crippen molar-refractivity contribution >= 4 is 21.6 Å². The lowest BCUT2D eigenvalue weighted by molar-refractivity contribution is 0.533. The molecule has 0 aromatic heterocycles. The van der Waals surface area contributed by atoms with Crippen LogP contribution < -0.4 is 10.2 Å². The molecule has 3 nitrogen and oxygen atoms in total. The molecule has 1 aromatic rings. The second-order valence-electron chi connectivity index (χ2n) is 4.83. The van der Waals surface area contributed by atoms with Crippen LogP contribution in [-0.4, -0.2) is 26.2 Å². The molecule has 4 heteroatoms.